The van der Waals surface area contributed by atoms with Gasteiger partial charge in [0.05, 0.1) is 0 Å². The number of halogens is 1. The Labute approximate surface area is 52.5 Å². The Balaban J connectivity index is 0. The van der Waals surface area contributed by atoms with E-state index in [-0.39, 0.29) is 18.5 Å². The molecule has 0 amide bonds. The van der Waals surface area contributed by atoms with Crippen molar-refractivity contribution in [1.29, 1.82) is 0 Å². The van der Waals surface area contributed by atoms with E-state index in [1.165, 1.54) is 0 Å². The summed E-state index contributed by atoms with van der Waals surface area (Å²) in [6, 6.07) is 0. The van der Waals surface area contributed by atoms with Gasteiger partial charge in [-0.25, -0.2) is 0 Å². The number of hydrogen-bond acceptors (Lipinski definition) is 1. The normalized spacial score (nSPS) is 8.17. The molecular weight excluding hydrogens is 146 g/mol. The molecule has 0 aliphatic carbocycles. The summed E-state index contributed by atoms with van der Waals surface area (Å²) in [5, 5.41) is 0. The van der Waals surface area contributed by atoms with Crippen LogP contribution >= 0.6 is 0 Å². The van der Waals surface area contributed by atoms with Gasteiger partial charge in [-0.05, 0) is 0 Å². The molecule has 0 aliphatic rings. The molecule has 0 saturated heterocycles. The van der Waals surface area contributed by atoms with Crippen LogP contribution in [0.5, 0.6) is 0 Å². The van der Waals surface area contributed by atoms with Gasteiger partial charge < -0.3 is 12.4 Å². The minimum Gasteiger partial charge on any atom is -1.00 e. The molecule has 0 N–H and O–H groups in total. The monoisotopic (exact) mass is 152 g/mol. The van der Waals surface area contributed by atoms with Gasteiger partial charge in [0.2, 0.25) is 0 Å². The van der Waals surface area contributed by atoms with Gasteiger partial charge in [0.15, 0.2) is 0 Å². The van der Waals surface area contributed by atoms with Crippen LogP contribution in [0.15, 0.2) is 0 Å². The molecular formula is C3H7ClNiO. The standard InChI is InChI=1S/C3H7O.ClH.Ni/c1-3(2)4;;/h3H,1-2H3;1H;/q-1;;+2/p-1. The second-order valence-corrected chi connectivity index (χ2v) is 1.36. The third kappa shape index (κ3) is 8.83. The summed E-state index contributed by atoms with van der Waals surface area (Å²) in [6.07, 6.45) is 0.218. The van der Waals surface area contributed by atoms with Gasteiger partial charge in [-0.15, -0.1) is 0 Å². The third-order valence-electron chi connectivity index (χ3n) is 0.149. The maximum Gasteiger partial charge on any atom is -1.00 e. The Morgan fingerprint density at radius 1 is 1.50 bits per heavy atom. The van der Waals surface area contributed by atoms with Crippen LogP contribution in [0.3, 0.4) is 0 Å². The average Bonchev–Trinajstić information content (AvgIpc) is 1.38. The summed E-state index contributed by atoms with van der Waals surface area (Å²) in [5.41, 5.74) is 0. The summed E-state index contributed by atoms with van der Waals surface area (Å²) in [6.45, 7) is 3.81. The predicted octanol–water partition coefficient (Wildman–Crippen LogP) is -2.12. The molecule has 0 aliphatic heterocycles. The third-order valence-corrected chi connectivity index (χ3v) is 0.615. The van der Waals surface area contributed by atoms with Gasteiger partial charge in [-0.2, -0.15) is 0 Å². The first kappa shape index (κ1) is 9.89. The molecule has 0 spiro atoms. The Bertz CT molecular complexity index is 24.8. The van der Waals surface area contributed by atoms with Crippen molar-refractivity contribution in [2.75, 3.05) is 0 Å². The van der Waals surface area contributed by atoms with Crippen molar-refractivity contribution in [3.63, 3.8) is 0 Å². The summed E-state index contributed by atoms with van der Waals surface area (Å²) >= 11 is 3.93. The molecule has 0 aromatic carbocycles. The Hall–Kier alpha value is 0.744. The van der Waals surface area contributed by atoms with Gasteiger partial charge >= 0.3 is 39.6 Å². The maximum absolute atomic E-state index is 4.38. The van der Waals surface area contributed by atoms with E-state index in [2.05, 4.69) is 19.7 Å². The molecule has 3 heteroatoms. The van der Waals surface area contributed by atoms with Crippen LogP contribution in [0.2, 0.25) is 0 Å². The van der Waals surface area contributed by atoms with E-state index in [1.807, 2.05) is 13.8 Å². The second-order valence-electron chi connectivity index (χ2n) is 1.12. The topological polar surface area (TPSA) is 9.23 Å². The predicted molar refractivity (Wildman–Crippen MR) is 16.2 cm³/mol. The van der Waals surface area contributed by atoms with Crippen molar-refractivity contribution in [2.24, 2.45) is 0 Å². The Morgan fingerprint density at radius 2 is 1.67 bits per heavy atom. The molecule has 0 aromatic heterocycles. The van der Waals surface area contributed by atoms with Crippen molar-refractivity contribution in [2.45, 2.75) is 20.0 Å². The van der Waals surface area contributed by atoms with Gasteiger partial charge in [-0.1, -0.05) is 0 Å². The molecule has 0 bridgehead atoms. The zero-order valence-corrected chi connectivity index (χ0v) is 5.42. The number of rotatable bonds is 1. The van der Waals surface area contributed by atoms with Crippen LogP contribution in [0, 0.1) is 0 Å². The molecule has 0 rings (SSSR count). The van der Waals surface area contributed by atoms with Crippen LogP contribution in [0.4, 0.5) is 0 Å². The fraction of sp³-hybridized carbons (Fsp3) is 1.00. The van der Waals surface area contributed by atoms with Crippen molar-refractivity contribution in [3.8, 4) is 0 Å². The number of hydrogen-bond donors (Lipinski definition) is 0. The van der Waals surface area contributed by atoms with Crippen molar-refractivity contribution in [1.82, 2.24) is 0 Å². The smallest absolute Gasteiger partial charge is 1.00 e. The van der Waals surface area contributed by atoms with Gasteiger partial charge in [-0.3, -0.25) is 0 Å². The van der Waals surface area contributed by atoms with E-state index < -0.39 is 0 Å². The van der Waals surface area contributed by atoms with Crippen molar-refractivity contribution >= 4 is 0 Å². The van der Waals surface area contributed by atoms with Crippen LogP contribution in [-0.4, -0.2) is 6.10 Å². The SMILES string of the molecule is CC(C)[O][Ni+].[Cl-]. The molecule has 1 nitrogen and oxygen atoms in total. The molecule has 6 heavy (non-hydrogen) atoms. The van der Waals surface area contributed by atoms with E-state index >= 15 is 0 Å². The Kier molecular flexibility index (Phi) is 9.46. The molecule has 0 fully saturated rings. The van der Waals surface area contributed by atoms with E-state index in [0.29, 0.717) is 0 Å². The summed E-state index contributed by atoms with van der Waals surface area (Å²) in [4.78, 5) is 0. The van der Waals surface area contributed by atoms with Gasteiger partial charge in [0.1, 0.15) is 0 Å². The molecule has 0 atom stereocenters. The fourth-order valence-corrected chi connectivity index (χ4v) is 0. The molecule has 0 radical (unpaired) electrons. The molecule has 0 saturated carbocycles. The molecule has 0 heterocycles. The average molecular weight is 153 g/mol. The van der Waals surface area contributed by atoms with Crippen LogP contribution in [-0.2, 0) is 19.7 Å². The largest absolute Gasteiger partial charge is 1.00 e. The van der Waals surface area contributed by atoms with E-state index in [4.69, 9.17) is 0 Å². The first-order valence-corrected chi connectivity index (χ1v) is 1.92. The zero-order valence-electron chi connectivity index (χ0n) is 3.68. The maximum atomic E-state index is 4.38. The zero-order chi connectivity index (χ0) is 4.28. The van der Waals surface area contributed by atoms with Crippen LogP contribution in [0.25, 0.3) is 0 Å². The van der Waals surface area contributed by atoms with Gasteiger partial charge in [0.25, 0.3) is 0 Å². The van der Waals surface area contributed by atoms with E-state index in [1.54, 1.807) is 0 Å². The molecule has 0 unspecified atom stereocenters. The van der Waals surface area contributed by atoms with Crippen molar-refractivity contribution < 1.29 is 32.1 Å². The Morgan fingerprint density at radius 3 is 1.67 bits per heavy atom. The van der Waals surface area contributed by atoms with E-state index in [0.717, 1.165) is 0 Å². The minimum atomic E-state index is 0. The second kappa shape index (κ2) is 5.74. The first-order chi connectivity index (χ1) is 2.27. The quantitative estimate of drug-likeness (QED) is 0.391. The first-order valence-electron chi connectivity index (χ1n) is 1.52. The van der Waals surface area contributed by atoms with Crippen LogP contribution in [0.1, 0.15) is 13.8 Å². The van der Waals surface area contributed by atoms with Gasteiger partial charge in [0, 0.05) is 0 Å². The fourth-order valence-electron chi connectivity index (χ4n) is 0. The van der Waals surface area contributed by atoms with Crippen LogP contribution < -0.4 is 12.4 Å². The molecule has 0 aromatic rings. The summed E-state index contributed by atoms with van der Waals surface area (Å²) in [5.74, 6) is 0. The van der Waals surface area contributed by atoms with Crippen molar-refractivity contribution in [3.05, 3.63) is 0 Å². The van der Waals surface area contributed by atoms with E-state index in [9.17, 15) is 0 Å². The summed E-state index contributed by atoms with van der Waals surface area (Å²) < 4.78 is 4.38. The minimum absolute atomic E-state index is 0. The molecule has 42 valence electrons. The summed E-state index contributed by atoms with van der Waals surface area (Å²) in [7, 11) is 0.